The molecule has 1 aromatic heterocycles. The normalized spacial score (nSPS) is 11.3. The van der Waals surface area contributed by atoms with Crippen molar-refractivity contribution in [1.82, 2.24) is 10.3 Å². The number of alkyl halides is 1. The van der Waals surface area contributed by atoms with Crippen LogP contribution < -0.4 is 10.9 Å². The van der Waals surface area contributed by atoms with Gasteiger partial charge in [-0.3, -0.25) is 9.59 Å². The Bertz CT molecular complexity index is 454. The Balaban J connectivity index is 2.53. The highest BCUT2D eigenvalue weighted by Gasteiger charge is 2.18. The van der Waals surface area contributed by atoms with Gasteiger partial charge in [-0.05, 0) is 24.3 Å². The van der Waals surface area contributed by atoms with Crippen molar-refractivity contribution in [3.8, 4) is 0 Å². The number of pyridine rings is 1. The summed E-state index contributed by atoms with van der Waals surface area (Å²) in [6.07, 6.45) is 3.59. The smallest absolute Gasteiger partial charge is 0.251 e. The highest BCUT2D eigenvalue weighted by molar-refractivity contribution is 9.09. The molecular formula is C13H19BrN2O2. The zero-order chi connectivity index (χ0) is 13.6. The van der Waals surface area contributed by atoms with Gasteiger partial charge in [-0.1, -0.05) is 29.8 Å². The van der Waals surface area contributed by atoms with Crippen molar-refractivity contribution in [1.29, 1.82) is 0 Å². The van der Waals surface area contributed by atoms with Crippen LogP contribution >= 0.6 is 15.9 Å². The highest BCUT2D eigenvalue weighted by Crippen LogP contribution is 2.21. The Morgan fingerprint density at radius 1 is 1.50 bits per heavy atom. The fourth-order valence-corrected chi connectivity index (χ4v) is 1.92. The lowest BCUT2D eigenvalue weighted by molar-refractivity contribution is 0.0934. The first-order valence-electron chi connectivity index (χ1n) is 5.97. The molecule has 0 aliphatic carbocycles. The van der Waals surface area contributed by atoms with E-state index < -0.39 is 0 Å². The van der Waals surface area contributed by atoms with Gasteiger partial charge in [-0.15, -0.1) is 0 Å². The Labute approximate surface area is 115 Å². The van der Waals surface area contributed by atoms with E-state index in [0.29, 0.717) is 12.1 Å². The van der Waals surface area contributed by atoms with Gasteiger partial charge in [0.1, 0.15) is 0 Å². The molecule has 1 aromatic rings. The lowest BCUT2D eigenvalue weighted by Gasteiger charge is -2.24. The Morgan fingerprint density at radius 2 is 2.22 bits per heavy atom. The van der Waals surface area contributed by atoms with Crippen LogP contribution in [0, 0.1) is 5.41 Å². The molecule has 0 saturated heterocycles. The molecule has 0 aliphatic rings. The summed E-state index contributed by atoms with van der Waals surface area (Å²) in [4.78, 5) is 25.4. The Hall–Kier alpha value is -1.10. The number of halogens is 1. The van der Waals surface area contributed by atoms with E-state index in [2.05, 4.69) is 40.1 Å². The quantitative estimate of drug-likeness (QED) is 0.791. The van der Waals surface area contributed by atoms with E-state index in [4.69, 9.17) is 0 Å². The second-order valence-corrected chi connectivity index (χ2v) is 5.87. The molecule has 0 atom stereocenters. The molecule has 18 heavy (non-hydrogen) atoms. The van der Waals surface area contributed by atoms with Gasteiger partial charge in [-0.25, -0.2) is 0 Å². The summed E-state index contributed by atoms with van der Waals surface area (Å²) in [6.45, 7) is 4.84. The standard InChI is InChI=1S/C13H19BrN2O2/c1-13(2,5-3-6-14)9-16-12(18)10-4-7-15-11(17)8-10/h4,7-8H,3,5-6,9H2,1-2H3,(H,15,17)(H,16,18). The van der Waals surface area contributed by atoms with Gasteiger partial charge in [0.05, 0.1) is 0 Å². The topological polar surface area (TPSA) is 62.0 Å². The number of carbonyl (C=O) groups is 1. The lowest BCUT2D eigenvalue weighted by atomic mass is 9.88. The minimum Gasteiger partial charge on any atom is -0.351 e. The maximum Gasteiger partial charge on any atom is 0.251 e. The first kappa shape index (κ1) is 15.0. The number of amides is 1. The van der Waals surface area contributed by atoms with Crippen LogP contribution in [0.5, 0.6) is 0 Å². The second-order valence-electron chi connectivity index (χ2n) is 5.08. The molecule has 1 rings (SSSR count). The average molecular weight is 315 g/mol. The number of aromatic amines is 1. The molecule has 1 amide bonds. The molecule has 0 saturated carbocycles. The van der Waals surface area contributed by atoms with Crippen molar-refractivity contribution >= 4 is 21.8 Å². The molecule has 0 aliphatic heterocycles. The van der Waals surface area contributed by atoms with Gasteiger partial charge in [-0.2, -0.15) is 0 Å². The van der Waals surface area contributed by atoms with E-state index in [-0.39, 0.29) is 16.9 Å². The summed E-state index contributed by atoms with van der Waals surface area (Å²) in [6, 6.07) is 2.91. The predicted octanol–water partition coefficient (Wildman–Crippen LogP) is 2.31. The summed E-state index contributed by atoms with van der Waals surface area (Å²) >= 11 is 3.40. The molecule has 0 bridgehead atoms. The van der Waals surface area contributed by atoms with Crippen LogP contribution in [0.4, 0.5) is 0 Å². The number of H-pyrrole nitrogens is 1. The van der Waals surface area contributed by atoms with Crippen molar-refractivity contribution in [3.05, 3.63) is 34.2 Å². The first-order valence-corrected chi connectivity index (χ1v) is 7.10. The van der Waals surface area contributed by atoms with Crippen molar-refractivity contribution in [2.45, 2.75) is 26.7 Å². The maximum atomic E-state index is 11.8. The van der Waals surface area contributed by atoms with E-state index in [1.807, 2.05) is 0 Å². The van der Waals surface area contributed by atoms with Crippen molar-refractivity contribution in [3.63, 3.8) is 0 Å². The van der Waals surface area contributed by atoms with Crippen LogP contribution in [0.25, 0.3) is 0 Å². The Kier molecular flexibility index (Phi) is 5.59. The molecule has 0 radical (unpaired) electrons. The minimum atomic E-state index is -0.263. The first-order chi connectivity index (χ1) is 8.44. The van der Waals surface area contributed by atoms with Gasteiger partial charge in [0.25, 0.3) is 5.91 Å². The fourth-order valence-electron chi connectivity index (χ4n) is 1.64. The maximum absolute atomic E-state index is 11.8. The van der Waals surface area contributed by atoms with E-state index in [1.165, 1.54) is 12.3 Å². The number of hydrogen-bond acceptors (Lipinski definition) is 2. The number of aromatic nitrogens is 1. The molecule has 0 spiro atoms. The number of hydrogen-bond donors (Lipinski definition) is 2. The molecule has 5 heteroatoms. The molecule has 0 aromatic carbocycles. The molecule has 1 heterocycles. The van der Waals surface area contributed by atoms with E-state index in [0.717, 1.165) is 18.2 Å². The molecule has 0 unspecified atom stereocenters. The van der Waals surface area contributed by atoms with E-state index in [9.17, 15) is 9.59 Å². The third-order valence-corrected chi connectivity index (χ3v) is 3.31. The third kappa shape index (κ3) is 5.04. The lowest BCUT2D eigenvalue weighted by Crippen LogP contribution is -2.34. The summed E-state index contributed by atoms with van der Waals surface area (Å²) in [5, 5.41) is 3.84. The van der Waals surface area contributed by atoms with Gasteiger partial charge >= 0.3 is 0 Å². The number of nitrogens with one attached hydrogen (secondary N) is 2. The molecular weight excluding hydrogens is 296 g/mol. The summed E-state index contributed by atoms with van der Waals surface area (Å²) in [5.74, 6) is -0.201. The fraction of sp³-hybridized carbons (Fsp3) is 0.538. The zero-order valence-corrected chi connectivity index (χ0v) is 12.3. The number of carbonyl (C=O) groups excluding carboxylic acids is 1. The second kappa shape index (κ2) is 6.73. The van der Waals surface area contributed by atoms with Crippen LogP contribution in [0.2, 0.25) is 0 Å². The minimum absolute atomic E-state index is 0.0601. The predicted molar refractivity (Wildman–Crippen MR) is 76.2 cm³/mol. The molecule has 100 valence electrons. The van der Waals surface area contributed by atoms with Crippen LogP contribution in [0.3, 0.4) is 0 Å². The van der Waals surface area contributed by atoms with Gasteiger partial charge in [0.15, 0.2) is 0 Å². The monoisotopic (exact) mass is 314 g/mol. The Morgan fingerprint density at radius 3 is 2.83 bits per heavy atom. The largest absolute Gasteiger partial charge is 0.351 e. The van der Waals surface area contributed by atoms with Crippen molar-refractivity contribution < 1.29 is 4.79 Å². The van der Waals surface area contributed by atoms with Crippen LogP contribution in [-0.4, -0.2) is 22.8 Å². The van der Waals surface area contributed by atoms with Gasteiger partial charge < -0.3 is 10.3 Å². The molecule has 0 fully saturated rings. The average Bonchev–Trinajstić information content (AvgIpc) is 2.34. The SMILES string of the molecule is CC(C)(CCCBr)CNC(=O)c1cc[nH]c(=O)c1. The van der Waals surface area contributed by atoms with Crippen molar-refractivity contribution in [2.75, 3.05) is 11.9 Å². The van der Waals surface area contributed by atoms with E-state index in [1.54, 1.807) is 6.07 Å². The highest BCUT2D eigenvalue weighted by atomic mass is 79.9. The van der Waals surface area contributed by atoms with E-state index >= 15 is 0 Å². The van der Waals surface area contributed by atoms with Crippen molar-refractivity contribution in [2.24, 2.45) is 5.41 Å². The third-order valence-electron chi connectivity index (χ3n) is 2.75. The van der Waals surface area contributed by atoms with Crippen LogP contribution in [0.15, 0.2) is 23.1 Å². The number of rotatable bonds is 6. The summed E-state index contributed by atoms with van der Waals surface area (Å²) in [7, 11) is 0. The molecule has 4 nitrogen and oxygen atoms in total. The van der Waals surface area contributed by atoms with Crippen LogP contribution in [0.1, 0.15) is 37.0 Å². The van der Waals surface area contributed by atoms with Crippen LogP contribution in [-0.2, 0) is 0 Å². The molecule has 2 N–H and O–H groups in total. The zero-order valence-electron chi connectivity index (χ0n) is 10.8. The summed E-state index contributed by atoms with van der Waals surface area (Å²) < 4.78 is 0. The summed E-state index contributed by atoms with van der Waals surface area (Å²) in [5.41, 5.74) is 0.196. The van der Waals surface area contributed by atoms with Gasteiger partial charge in [0, 0.05) is 29.7 Å². The van der Waals surface area contributed by atoms with Gasteiger partial charge in [0.2, 0.25) is 5.56 Å².